The molecule has 0 saturated heterocycles. The molecule has 32 heavy (non-hydrogen) atoms. The molecule has 156 valence electrons. The summed E-state index contributed by atoms with van der Waals surface area (Å²) < 4.78 is 14.4. The Labute approximate surface area is 180 Å². The number of aryl methyl sites for hydroxylation is 1. The summed E-state index contributed by atoms with van der Waals surface area (Å²) >= 11 is 0. The summed E-state index contributed by atoms with van der Waals surface area (Å²) in [6.45, 7) is 2.16. The lowest BCUT2D eigenvalue weighted by Gasteiger charge is -2.12. The number of furan rings is 1. The number of nitrogens with zero attached hydrogens (tertiary/aromatic N) is 6. The van der Waals surface area contributed by atoms with Crippen molar-refractivity contribution in [1.29, 1.82) is 0 Å². The molecule has 0 atom stereocenters. The predicted molar refractivity (Wildman–Crippen MR) is 116 cm³/mol. The molecule has 0 aliphatic carbocycles. The van der Waals surface area contributed by atoms with Crippen molar-refractivity contribution in [3.05, 3.63) is 88.9 Å². The van der Waals surface area contributed by atoms with Crippen LogP contribution >= 0.6 is 0 Å². The van der Waals surface area contributed by atoms with Gasteiger partial charge in [0.15, 0.2) is 5.76 Å². The van der Waals surface area contributed by atoms with Crippen LogP contribution in [0.25, 0.3) is 39.7 Å². The molecule has 5 aromatic heterocycles. The van der Waals surface area contributed by atoms with Gasteiger partial charge in [-0.15, -0.1) is 0 Å². The fourth-order valence-electron chi connectivity index (χ4n) is 3.81. The van der Waals surface area contributed by atoms with Gasteiger partial charge in [-0.3, -0.25) is 18.7 Å². The van der Waals surface area contributed by atoms with E-state index < -0.39 is 0 Å². The highest BCUT2D eigenvalue weighted by Crippen LogP contribution is 2.26. The number of imidazole rings is 1. The Bertz CT molecular complexity index is 1640. The van der Waals surface area contributed by atoms with Gasteiger partial charge in [0.25, 0.3) is 11.4 Å². The summed E-state index contributed by atoms with van der Waals surface area (Å²) in [5.41, 5.74) is 2.88. The van der Waals surface area contributed by atoms with E-state index in [-0.39, 0.29) is 17.3 Å². The van der Waals surface area contributed by atoms with Crippen LogP contribution in [-0.2, 0) is 6.54 Å². The normalized spacial score (nSPS) is 11.5. The highest BCUT2D eigenvalue weighted by molar-refractivity contribution is 5.83. The number of fused-ring (bicyclic) bond motifs is 3. The van der Waals surface area contributed by atoms with Gasteiger partial charge in [0.2, 0.25) is 5.82 Å². The van der Waals surface area contributed by atoms with Crippen molar-refractivity contribution in [2.75, 3.05) is 0 Å². The summed E-state index contributed by atoms with van der Waals surface area (Å²) in [5.74, 6) is 1.64. The Morgan fingerprint density at radius 1 is 0.969 bits per heavy atom. The summed E-state index contributed by atoms with van der Waals surface area (Å²) in [7, 11) is 0. The number of rotatable bonds is 4. The van der Waals surface area contributed by atoms with Crippen LogP contribution in [0.1, 0.15) is 11.5 Å². The lowest BCUT2D eigenvalue weighted by atomic mass is 10.2. The van der Waals surface area contributed by atoms with E-state index in [4.69, 9.17) is 8.94 Å². The molecule has 0 bridgehead atoms. The molecular formula is C23H16N6O3. The lowest BCUT2D eigenvalue weighted by Crippen LogP contribution is -2.24. The average molecular weight is 424 g/mol. The van der Waals surface area contributed by atoms with Crippen LogP contribution in [0.15, 0.2) is 80.9 Å². The van der Waals surface area contributed by atoms with E-state index in [0.29, 0.717) is 23.5 Å². The average Bonchev–Trinajstić information content (AvgIpc) is 3.56. The van der Waals surface area contributed by atoms with E-state index in [1.807, 2.05) is 55.5 Å². The van der Waals surface area contributed by atoms with Crippen LogP contribution in [0.3, 0.4) is 0 Å². The van der Waals surface area contributed by atoms with Crippen LogP contribution in [0.2, 0.25) is 0 Å². The van der Waals surface area contributed by atoms with Crippen LogP contribution in [0.4, 0.5) is 0 Å². The van der Waals surface area contributed by atoms with Gasteiger partial charge in [0, 0.05) is 6.20 Å². The van der Waals surface area contributed by atoms with E-state index in [9.17, 15) is 4.79 Å². The number of benzene rings is 1. The largest absolute Gasteiger partial charge is 0.456 e. The van der Waals surface area contributed by atoms with Gasteiger partial charge in [0.05, 0.1) is 23.3 Å². The van der Waals surface area contributed by atoms with Gasteiger partial charge in [-0.05, 0) is 43.3 Å². The Morgan fingerprint density at radius 3 is 2.59 bits per heavy atom. The number of hydrogen-bond donors (Lipinski definition) is 0. The zero-order valence-electron chi connectivity index (χ0n) is 17.0. The van der Waals surface area contributed by atoms with Gasteiger partial charge in [-0.2, -0.15) is 4.98 Å². The maximum atomic E-state index is 13.7. The molecule has 0 unspecified atom stereocenters. The second-order valence-electron chi connectivity index (χ2n) is 7.35. The summed E-state index contributed by atoms with van der Waals surface area (Å²) in [4.78, 5) is 26.9. The summed E-state index contributed by atoms with van der Waals surface area (Å²) in [6.07, 6.45) is 3.31. The van der Waals surface area contributed by atoms with E-state index in [0.717, 1.165) is 22.5 Å². The van der Waals surface area contributed by atoms with E-state index in [1.54, 1.807) is 27.6 Å². The Hall–Kier alpha value is -4.53. The van der Waals surface area contributed by atoms with Crippen molar-refractivity contribution in [2.45, 2.75) is 13.5 Å². The Morgan fingerprint density at radius 2 is 1.81 bits per heavy atom. The molecule has 0 radical (unpaired) electrons. The van der Waals surface area contributed by atoms with E-state index in [2.05, 4.69) is 20.1 Å². The quantitative estimate of drug-likeness (QED) is 0.425. The monoisotopic (exact) mass is 424 g/mol. The van der Waals surface area contributed by atoms with E-state index >= 15 is 0 Å². The smallest absolute Gasteiger partial charge is 0.293 e. The SMILES string of the molecule is Cc1ccc(-c2nc(-c3ncn4c3c(=O)n(Cc3ccccn3)c3ccccc34)no2)o1. The zero-order chi connectivity index (χ0) is 21.7. The van der Waals surface area contributed by atoms with Gasteiger partial charge >= 0.3 is 0 Å². The van der Waals surface area contributed by atoms with Gasteiger partial charge in [-0.1, -0.05) is 23.4 Å². The lowest BCUT2D eigenvalue weighted by molar-refractivity contribution is 0.414. The molecule has 5 heterocycles. The molecule has 0 spiro atoms. The van der Waals surface area contributed by atoms with Crippen molar-refractivity contribution < 1.29 is 8.94 Å². The summed E-state index contributed by atoms with van der Waals surface area (Å²) in [5, 5.41) is 4.05. The number of para-hydroxylation sites is 2. The van der Waals surface area contributed by atoms with Gasteiger partial charge in [-0.25, -0.2) is 4.98 Å². The molecule has 6 aromatic rings. The standard InChI is InChI=1S/C23H16N6O3/c1-14-9-10-18(31-14)22-26-21(27-32-22)19-20-23(30)28(12-15-6-4-5-11-24-15)16-7-2-3-8-17(16)29(20)13-25-19/h2-11,13H,12H2,1H3. The molecule has 0 aliphatic rings. The number of hydrogen-bond acceptors (Lipinski definition) is 7. The second-order valence-corrected chi connectivity index (χ2v) is 7.35. The maximum Gasteiger partial charge on any atom is 0.293 e. The number of aromatic nitrogens is 6. The molecule has 0 aliphatic heterocycles. The third kappa shape index (κ3) is 2.83. The third-order valence-corrected chi connectivity index (χ3v) is 5.28. The van der Waals surface area contributed by atoms with Crippen LogP contribution < -0.4 is 5.56 Å². The molecule has 0 saturated carbocycles. The van der Waals surface area contributed by atoms with Crippen molar-refractivity contribution in [2.24, 2.45) is 0 Å². The van der Waals surface area contributed by atoms with Crippen LogP contribution in [0, 0.1) is 6.92 Å². The first-order valence-corrected chi connectivity index (χ1v) is 9.98. The second kappa shape index (κ2) is 7.02. The maximum absolute atomic E-state index is 13.7. The first kappa shape index (κ1) is 18.3. The first-order chi connectivity index (χ1) is 15.7. The zero-order valence-corrected chi connectivity index (χ0v) is 17.0. The molecule has 9 heteroatoms. The van der Waals surface area contributed by atoms with Gasteiger partial charge in [0.1, 0.15) is 23.3 Å². The minimum Gasteiger partial charge on any atom is -0.456 e. The predicted octanol–water partition coefficient (Wildman–Crippen LogP) is 3.71. The topological polar surface area (TPSA) is 104 Å². The van der Waals surface area contributed by atoms with Crippen LogP contribution in [-0.4, -0.2) is 29.1 Å². The molecule has 9 nitrogen and oxygen atoms in total. The molecule has 0 amide bonds. The first-order valence-electron chi connectivity index (χ1n) is 9.98. The third-order valence-electron chi connectivity index (χ3n) is 5.28. The Kier molecular flexibility index (Phi) is 4.00. The minimum atomic E-state index is -0.220. The van der Waals surface area contributed by atoms with Gasteiger partial charge < -0.3 is 8.94 Å². The van der Waals surface area contributed by atoms with Crippen LogP contribution in [0.5, 0.6) is 0 Å². The fourth-order valence-corrected chi connectivity index (χ4v) is 3.81. The molecular weight excluding hydrogens is 408 g/mol. The number of pyridine rings is 1. The van der Waals surface area contributed by atoms with Crippen molar-refractivity contribution in [3.63, 3.8) is 0 Å². The molecule has 0 fully saturated rings. The molecule has 0 N–H and O–H groups in total. The van der Waals surface area contributed by atoms with Crippen molar-refractivity contribution in [3.8, 4) is 23.2 Å². The Balaban J connectivity index is 1.57. The minimum absolute atomic E-state index is 0.216. The van der Waals surface area contributed by atoms with Crippen molar-refractivity contribution >= 4 is 16.6 Å². The summed E-state index contributed by atoms with van der Waals surface area (Å²) in [6, 6.07) is 16.9. The highest BCUT2D eigenvalue weighted by Gasteiger charge is 2.22. The molecule has 1 aromatic carbocycles. The molecule has 6 rings (SSSR count). The fraction of sp³-hybridized carbons (Fsp3) is 0.0870. The highest BCUT2D eigenvalue weighted by atomic mass is 16.5. The van der Waals surface area contributed by atoms with Crippen molar-refractivity contribution in [1.82, 2.24) is 29.1 Å². The van der Waals surface area contributed by atoms with E-state index in [1.165, 1.54) is 0 Å².